The number of Topliss-reactive ketones (excluding diaryl/α,β-unsaturated/α-hetero) is 1. The van der Waals surface area contributed by atoms with Crippen LogP contribution < -0.4 is 0 Å². The van der Waals surface area contributed by atoms with Gasteiger partial charge in [0.15, 0.2) is 0 Å². The first-order valence-electron chi connectivity index (χ1n) is 7.42. The largest absolute Gasteiger partial charge is 0.300 e. The van der Waals surface area contributed by atoms with Crippen LogP contribution >= 0.6 is 0 Å². The maximum atomic E-state index is 12.3. The van der Waals surface area contributed by atoms with Gasteiger partial charge < -0.3 is 4.79 Å². The highest BCUT2D eigenvalue weighted by molar-refractivity contribution is 6.19. The Morgan fingerprint density at radius 1 is 1.35 bits per heavy atom. The van der Waals surface area contributed by atoms with E-state index in [0.29, 0.717) is 19.4 Å². The molecule has 1 unspecified atom stereocenters. The number of likely N-dealkylation sites (tertiary alicyclic amines) is 1. The van der Waals surface area contributed by atoms with Gasteiger partial charge in [-0.2, -0.15) is 0 Å². The summed E-state index contributed by atoms with van der Waals surface area (Å²) in [6, 6.07) is 0. The fourth-order valence-corrected chi connectivity index (χ4v) is 2.50. The number of hydrogen-bond donors (Lipinski definition) is 0. The highest BCUT2D eigenvalue weighted by Gasteiger charge is 2.44. The fourth-order valence-electron chi connectivity index (χ4n) is 2.50. The molecule has 1 fully saturated rings. The lowest BCUT2D eigenvalue weighted by Crippen LogP contribution is -2.34. The number of carbonyl (C=O) groups is 3. The van der Waals surface area contributed by atoms with E-state index in [9.17, 15) is 14.4 Å². The second-order valence-electron chi connectivity index (χ2n) is 6.01. The van der Waals surface area contributed by atoms with E-state index in [1.54, 1.807) is 6.92 Å². The molecule has 0 N–H and O–H groups in total. The second-order valence-corrected chi connectivity index (χ2v) is 6.01. The molecular weight excluding hydrogens is 253 g/mol. The van der Waals surface area contributed by atoms with Gasteiger partial charge in [0.2, 0.25) is 11.8 Å². The quantitative estimate of drug-likeness (QED) is 0.388. The molecule has 1 aliphatic rings. The minimum atomic E-state index is -0.615. The third-order valence-electron chi connectivity index (χ3n) is 4.21. The zero-order valence-electron chi connectivity index (χ0n) is 12.8. The van der Waals surface area contributed by atoms with Crippen LogP contribution in [0, 0.1) is 5.92 Å². The lowest BCUT2D eigenvalue weighted by Gasteiger charge is -2.28. The van der Waals surface area contributed by atoms with Crippen LogP contribution in [0.2, 0.25) is 5.31 Å². The van der Waals surface area contributed by atoms with Crippen molar-refractivity contribution in [1.29, 1.82) is 0 Å². The number of amides is 2. The predicted molar refractivity (Wildman–Crippen MR) is 78.4 cm³/mol. The molecule has 0 bridgehead atoms. The molecule has 1 saturated heterocycles. The van der Waals surface area contributed by atoms with Crippen LogP contribution in [0.25, 0.3) is 0 Å². The molecule has 5 heteroatoms. The predicted octanol–water partition coefficient (Wildman–Crippen LogP) is 2.27. The smallest absolute Gasteiger partial charge is 0.232 e. The van der Waals surface area contributed by atoms with Crippen LogP contribution in [0.15, 0.2) is 0 Å². The van der Waals surface area contributed by atoms with Crippen LogP contribution in [-0.2, 0) is 14.4 Å². The number of hydrogen-bond acceptors (Lipinski definition) is 3. The molecule has 2 amide bonds. The summed E-state index contributed by atoms with van der Waals surface area (Å²) in [5, 5.41) is -0.615. The normalized spacial score (nSPS) is 22.1. The Labute approximate surface area is 122 Å². The van der Waals surface area contributed by atoms with Crippen LogP contribution in [0.3, 0.4) is 0 Å². The topological polar surface area (TPSA) is 54.5 Å². The van der Waals surface area contributed by atoms with E-state index in [1.165, 1.54) is 4.90 Å². The summed E-state index contributed by atoms with van der Waals surface area (Å²) in [4.78, 5) is 36.4. The Hall–Kier alpha value is -1.13. The van der Waals surface area contributed by atoms with Gasteiger partial charge in [-0.15, -0.1) is 0 Å². The van der Waals surface area contributed by atoms with Gasteiger partial charge in [0.05, 0.1) is 7.85 Å². The summed E-state index contributed by atoms with van der Waals surface area (Å²) in [6.45, 7) is 5.79. The van der Waals surface area contributed by atoms with Crippen molar-refractivity contribution in [2.75, 3.05) is 6.54 Å². The van der Waals surface area contributed by atoms with Gasteiger partial charge in [0.1, 0.15) is 5.78 Å². The van der Waals surface area contributed by atoms with E-state index in [1.807, 2.05) is 13.8 Å². The summed E-state index contributed by atoms with van der Waals surface area (Å²) >= 11 is 0. The third-order valence-corrected chi connectivity index (χ3v) is 4.21. The molecule has 2 radical (unpaired) electrons. The number of ketones is 1. The lowest BCUT2D eigenvalue weighted by atomic mass is 9.60. The van der Waals surface area contributed by atoms with E-state index in [4.69, 9.17) is 7.85 Å². The molecule has 1 heterocycles. The highest BCUT2D eigenvalue weighted by atomic mass is 16.2. The molecule has 2 atom stereocenters. The van der Waals surface area contributed by atoms with E-state index in [0.717, 1.165) is 19.3 Å². The minimum Gasteiger partial charge on any atom is -0.300 e. The summed E-state index contributed by atoms with van der Waals surface area (Å²) in [5.41, 5.74) is 0. The molecule has 0 aromatic rings. The average Bonchev–Trinajstić information content (AvgIpc) is 2.66. The summed E-state index contributed by atoms with van der Waals surface area (Å²) < 4.78 is 0. The van der Waals surface area contributed by atoms with Gasteiger partial charge in [0, 0.05) is 25.3 Å². The minimum absolute atomic E-state index is 0.114. The molecule has 4 nitrogen and oxygen atoms in total. The fraction of sp³-hybridized carbons (Fsp3) is 0.800. The standard InChI is InChI=1S/C15H24BNO3/c1-4-15(3,16)12-10-13(19)17(14(12)20)9-7-5-6-8-11(2)18/h12H,4-10H2,1-3H3/t12?,15-/m1/s1. The van der Waals surface area contributed by atoms with Crippen molar-refractivity contribution in [1.82, 2.24) is 4.90 Å². The summed E-state index contributed by atoms with van der Waals surface area (Å²) in [6.07, 6.45) is 3.90. The van der Waals surface area contributed by atoms with Crippen molar-refractivity contribution in [2.24, 2.45) is 5.92 Å². The molecule has 110 valence electrons. The van der Waals surface area contributed by atoms with Gasteiger partial charge in [-0.3, -0.25) is 14.5 Å². The maximum absolute atomic E-state index is 12.3. The molecular formula is C15H24BNO3. The SMILES string of the molecule is [B][C@](C)(CC)C1CC(=O)N(CCCCCC(C)=O)C1=O. The van der Waals surface area contributed by atoms with Gasteiger partial charge in [-0.05, 0) is 19.8 Å². The van der Waals surface area contributed by atoms with Crippen molar-refractivity contribution in [3.05, 3.63) is 0 Å². The van der Waals surface area contributed by atoms with Gasteiger partial charge >= 0.3 is 0 Å². The molecule has 0 aromatic heterocycles. The Bertz CT molecular complexity index is 393. The zero-order valence-corrected chi connectivity index (χ0v) is 12.8. The van der Waals surface area contributed by atoms with Gasteiger partial charge in [-0.1, -0.05) is 32.0 Å². The number of nitrogens with zero attached hydrogens (tertiary/aromatic N) is 1. The third kappa shape index (κ3) is 4.19. The Morgan fingerprint density at radius 3 is 2.55 bits per heavy atom. The van der Waals surface area contributed by atoms with E-state index >= 15 is 0 Å². The number of imide groups is 1. The summed E-state index contributed by atoms with van der Waals surface area (Å²) in [7, 11) is 6.11. The molecule has 1 rings (SSSR count). The van der Waals surface area contributed by atoms with E-state index in [2.05, 4.69) is 0 Å². The maximum Gasteiger partial charge on any atom is 0.232 e. The van der Waals surface area contributed by atoms with Crippen molar-refractivity contribution < 1.29 is 14.4 Å². The molecule has 20 heavy (non-hydrogen) atoms. The average molecular weight is 277 g/mol. The number of unbranched alkanes of at least 4 members (excludes halogenated alkanes) is 2. The second kappa shape index (κ2) is 7.05. The molecule has 0 spiro atoms. The number of rotatable bonds is 8. The van der Waals surface area contributed by atoms with Crippen LogP contribution in [0.5, 0.6) is 0 Å². The zero-order chi connectivity index (χ0) is 15.3. The summed E-state index contributed by atoms with van der Waals surface area (Å²) in [5.74, 6) is -0.456. The Kier molecular flexibility index (Phi) is 5.96. The first-order chi connectivity index (χ1) is 9.29. The molecule has 0 aromatic carbocycles. The molecule has 0 saturated carbocycles. The van der Waals surface area contributed by atoms with Crippen molar-refractivity contribution >= 4 is 25.4 Å². The van der Waals surface area contributed by atoms with Crippen molar-refractivity contribution in [3.8, 4) is 0 Å². The van der Waals surface area contributed by atoms with Crippen LogP contribution in [0.4, 0.5) is 0 Å². The van der Waals surface area contributed by atoms with Gasteiger partial charge in [0.25, 0.3) is 0 Å². The van der Waals surface area contributed by atoms with E-state index in [-0.39, 0.29) is 24.0 Å². The van der Waals surface area contributed by atoms with Crippen molar-refractivity contribution in [3.63, 3.8) is 0 Å². The Morgan fingerprint density at radius 2 is 2.00 bits per heavy atom. The first-order valence-corrected chi connectivity index (χ1v) is 7.42. The van der Waals surface area contributed by atoms with Crippen molar-refractivity contribution in [2.45, 2.75) is 64.6 Å². The monoisotopic (exact) mass is 277 g/mol. The number of carbonyl (C=O) groups excluding carboxylic acids is 3. The molecule has 0 aliphatic carbocycles. The molecule has 1 aliphatic heterocycles. The van der Waals surface area contributed by atoms with Crippen LogP contribution in [0.1, 0.15) is 59.3 Å². The van der Waals surface area contributed by atoms with E-state index < -0.39 is 11.2 Å². The van der Waals surface area contributed by atoms with Gasteiger partial charge in [-0.25, -0.2) is 0 Å². The first kappa shape index (κ1) is 16.9. The lowest BCUT2D eigenvalue weighted by molar-refractivity contribution is -0.139. The van der Waals surface area contributed by atoms with Crippen LogP contribution in [-0.4, -0.2) is 36.9 Å². The highest BCUT2D eigenvalue weighted by Crippen LogP contribution is 2.42. The Balaban J connectivity index is 2.45.